The molecule has 1 aliphatic carbocycles. The van der Waals surface area contributed by atoms with Gasteiger partial charge in [0.05, 0.1) is 6.10 Å². The molecule has 1 aliphatic rings. The lowest BCUT2D eigenvalue weighted by Gasteiger charge is -2.33. The SMILES string of the molecule is CCC1CCC(C(O)c2ccccc2C(C)(C)C)CC1. The van der Waals surface area contributed by atoms with Crippen LogP contribution in [0, 0.1) is 11.8 Å². The molecule has 1 atom stereocenters. The summed E-state index contributed by atoms with van der Waals surface area (Å²) in [6.45, 7) is 8.97. The predicted octanol–water partition coefficient (Wildman–Crippen LogP) is 5.23. The minimum absolute atomic E-state index is 0.0954. The Hall–Kier alpha value is -0.820. The summed E-state index contributed by atoms with van der Waals surface area (Å²) in [5.74, 6) is 1.33. The van der Waals surface area contributed by atoms with E-state index >= 15 is 0 Å². The maximum absolute atomic E-state index is 10.8. The first-order valence-corrected chi connectivity index (χ1v) is 8.21. The molecule has 1 heteroatoms. The molecule has 1 unspecified atom stereocenters. The lowest BCUT2D eigenvalue weighted by Crippen LogP contribution is -2.23. The van der Waals surface area contributed by atoms with Crippen molar-refractivity contribution in [2.24, 2.45) is 11.8 Å². The average Bonchev–Trinajstić information content (AvgIpc) is 2.46. The Morgan fingerprint density at radius 1 is 1.10 bits per heavy atom. The lowest BCUT2D eigenvalue weighted by atomic mass is 9.74. The molecule has 0 aromatic heterocycles. The van der Waals surface area contributed by atoms with Crippen molar-refractivity contribution in [1.82, 2.24) is 0 Å². The van der Waals surface area contributed by atoms with E-state index < -0.39 is 0 Å². The van der Waals surface area contributed by atoms with Gasteiger partial charge in [-0.2, -0.15) is 0 Å². The van der Waals surface area contributed by atoms with Crippen LogP contribution in [0.15, 0.2) is 24.3 Å². The van der Waals surface area contributed by atoms with Crippen LogP contribution in [0.4, 0.5) is 0 Å². The van der Waals surface area contributed by atoms with Gasteiger partial charge in [-0.15, -0.1) is 0 Å². The van der Waals surface area contributed by atoms with E-state index in [0.29, 0.717) is 5.92 Å². The van der Waals surface area contributed by atoms with Gasteiger partial charge in [0.25, 0.3) is 0 Å². The van der Waals surface area contributed by atoms with Crippen molar-refractivity contribution >= 4 is 0 Å². The van der Waals surface area contributed by atoms with Crippen LogP contribution in [0.1, 0.15) is 77.0 Å². The summed E-state index contributed by atoms with van der Waals surface area (Å²) in [6, 6.07) is 8.45. The smallest absolute Gasteiger partial charge is 0.0821 e. The second-order valence-electron chi connectivity index (χ2n) is 7.47. The van der Waals surface area contributed by atoms with Gasteiger partial charge in [0.15, 0.2) is 0 Å². The van der Waals surface area contributed by atoms with Crippen LogP contribution < -0.4 is 0 Å². The second kappa shape index (κ2) is 6.30. The highest BCUT2D eigenvalue weighted by atomic mass is 16.3. The van der Waals surface area contributed by atoms with Crippen molar-refractivity contribution in [2.45, 2.75) is 71.3 Å². The molecule has 1 fully saturated rings. The van der Waals surface area contributed by atoms with Gasteiger partial charge in [-0.05, 0) is 41.2 Å². The standard InChI is InChI=1S/C19H30O/c1-5-14-10-12-15(13-11-14)18(20)16-8-6-7-9-17(16)19(2,3)4/h6-9,14-15,18,20H,5,10-13H2,1-4H3. The van der Waals surface area contributed by atoms with E-state index in [2.05, 4.69) is 52.0 Å². The highest BCUT2D eigenvalue weighted by Gasteiger charge is 2.29. The first-order valence-electron chi connectivity index (χ1n) is 8.21. The lowest BCUT2D eigenvalue weighted by molar-refractivity contribution is 0.0715. The summed E-state index contributed by atoms with van der Waals surface area (Å²) in [6.07, 6.45) is 5.94. The van der Waals surface area contributed by atoms with Gasteiger partial charge >= 0.3 is 0 Å². The Morgan fingerprint density at radius 3 is 2.25 bits per heavy atom. The van der Waals surface area contributed by atoms with E-state index in [1.807, 2.05) is 0 Å². The third kappa shape index (κ3) is 3.44. The fourth-order valence-electron chi connectivity index (χ4n) is 3.60. The number of rotatable bonds is 3. The van der Waals surface area contributed by atoms with Crippen LogP contribution in [0.5, 0.6) is 0 Å². The summed E-state index contributed by atoms with van der Waals surface area (Å²) >= 11 is 0. The Labute approximate surface area is 124 Å². The topological polar surface area (TPSA) is 20.2 Å². The summed E-state index contributed by atoms with van der Waals surface area (Å²) in [5, 5.41) is 10.8. The molecule has 0 bridgehead atoms. The number of hydrogen-bond donors (Lipinski definition) is 1. The zero-order chi connectivity index (χ0) is 14.8. The zero-order valence-electron chi connectivity index (χ0n) is 13.5. The maximum atomic E-state index is 10.8. The van der Waals surface area contributed by atoms with Crippen LogP contribution in [-0.2, 0) is 5.41 Å². The molecular formula is C19H30O. The Balaban J connectivity index is 2.16. The minimum Gasteiger partial charge on any atom is -0.388 e. The summed E-state index contributed by atoms with van der Waals surface area (Å²) in [5.41, 5.74) is 2.54. The largest absolute Gasteiger partial charge is 0.388 e. The van der Waals surface area contributed by atoms with Gasteiger partial charge in [0, 0.05) is 0 Å². The summed E-state index contributed by atoms with van der Waals surface area (Å²) in [7, 11) is 0. The Bertz CT molecular complexity index is 422. The maximum Gasteiger partial charge on any atom is 0.0821 e. The predicted molar refractivity (Wildman–Crippen MR) is 85.8 cm³/mol. The van der Waals surface area contributed by atoms with E-state index in [0.717, 1.165) is 11.5 Å². The highest BCUT2D eigenvalue weighted by molar-refractivity contribution is 5.34. The molecule has 0 radical (unpaired) electrons. The van der Waals surface area contributed by atoms with Crippen LogP contribution in [0.3, 0.4) is 0 Å². The molecular weight excluding hydrogens is 244 g/mol. The second-order valence-corrected chi connectivity index (χ2v) is 7.47. The third-order valence-corrected chi connectivity index (χ3v) is 5.00. The van der Waals surface area contributed by atoms with Gasteiger partial charge in [-0.25, -0.2) is 0 Å². The van der Waals surface area contributed by atoms with E-state index in [1.54, 1.807) is 0 Å². The molecule has 0 heterocycles. The molecule has 20 heavy (non-hydrogen) atoms. The molecule has 0 amide bonds. The Morgan fingerprint density at radius 2 is 1.70 bits per heavy atom. The number of aliphatic hydroxyl groups excluding tert-OH is 1. The minimum atomic E-state index is -0.289. The van der Waals surface area contributed by atoms with Crippen molar-refractivity contribution < 1.29 is 5.11 Å². The summed E-state index contributed by atoms with van der Waals surface area (Å²) < 4.78 is 0. The van der Waals surface area contributed by atoms with E-state index in [1.165, 1.54) is 37.7 Å². The quantitative estimate of drug-likeness (QED) is 0.799. The molecule has 2 rings (SSSR count). The van der Waals surface area contributed by atoms with E-state index in [9.17, 15) is 5.11 Å². The molecule has 0 saturated heterocycles. The number of benzene rings is 1. The molecule has 0 spiro atoms. The van der Waals surface area contributed by atoms with Gasteiger partial charge in [-0.3, -0.25) is 0 Å². The van der Waals surface area contributed by atoms with Crippen molar-refractivity contribution in [3.05, 3.63) is 35.4 Å². The highest BCUT2D eigenvalue weighted by Crippen LogP contribution is 2.40. The van der Waals surface area contributed by atoms with Gasteiger partial charge in [-0.1, -0.05) is 71.2 Å². The third-order valence-electron chi connectivity index (χ3n) is 5.00. The molecule has 1 nitrogen and oxygen atoms in total. The fraction of sp³-hybridized carbons (Fsp3) is 0.684. The zero-order valence-corrected chi connectivity index (χ0v) is 13.5. The molecule has 0 aliphatic heterocycles. The fourth-order valence-corrected chi connectivity index (χ4v) is 3.60. The number of aliphatic hydroxyl groups is 1. The first-order chi connectivity index (χ1) is 9.43. The molecule has 1 aromatic rings. The van der Waals surface area contributed by atoms with E-state index in [4.69, 9.17) is 0 Å². The monoisotopic (exact) mass is 274 g/mol. The molecule has 112 valence electrons. The normalized spacial score (nSPS) is 25.4. The Kier molecular flexibility index (Phi) is 4.90. The van der Waals surface area contributed by atoms with Gasteiger partial charge < -0.3 is 5.11 Å². The van der Waals surface area contributed by atoms with Crippen molar-refractivity contribution in [2.75, 3.05) is 0 Å². The van der Waals surface area contributed by atoms with Crippen molar-refractivity contribution in [1.29, 1.82) is 0 Å². The molecule has 1 saturated carbocycles. The van der Waals surface area contributed by atoms with Crippen LogP contribution in [0.25, 0.3) is 0 Å². The molecule has 1 aromatic carbocycles. The number of hydrogen-bond acceptors (Lipinski definition) is 1. The van der Waals surface area contributed by atoms with Gasteiger partial charge in [0.2, 0.25) is 0 Å². The van der Waals surface area contributed by atoms with Crippen LogP contribution in [0.2, 0.25) is 0 Å². The van der Waals surface area contributed by atoms with Crippen LogP contribution in [-0.4, -0.2) is 5.11 Å². The van der Waals surface area contributed by atoms with E-state index in [-0.39, 0.29) is 11.5 Å². The first kappa shape index (κ1) is 15.6. The summed E-state index contributed by atoms with van der Waals surface area (Å²) in [4.78, 5) is 0. The van der Waals surface area contributed by atoms with Crippen molar-refractivity contribution in [3.8, 4) is 0 Å². The van der Waals surface area contributed by atoms with Crippen LogP contribution >= 0.6 is 0 Å². The van der Waals surface area contributed by atoms with Crippen molar-refractivity contribution in [3.63, 3.8) is 0 Å². The average molecular weight is 274 g/mol. The molecule has 1 N–H and O–H groups in total. The van der Waals surface area contributed by atoms with Gasteiger partial charge in [0.1, 0.15) is 0 Å².